The third-order valence-electron chi connectivity index (χ3n) is 2.98. The Bertz CT molecular complexity index is 686. The van der Waals surface area contributed by atoms with Gasteiger partial charge in [-0.25, -0.2) is 4.98 Å². The van der Waals surface area contributed by atoms with Gasteiger partial charge in [-0.3, -0.25) is 0 Å². The molecule has 0 saturated carbocycles. The Morgan fingerprint density at radius 1 is 1.28 bits per heavy atom. The summed E-state index contributed by atoms with van der Waals surface area (Å²) in [7, 11) is 0. The maximum atomic E-state index is 6.01. The summed E-state index contributed by atoms with van der Waals surface area (Å²) in [6.07, 6.45) is 0. The fourth-order valence-corrected chi connectivity index (χ4v) is 2.33. The number of hydrogen-bond acceptors (Lipinski definition) is 1. The first-order valence-corrected chi connectivity index (χ1v) is 6.30. The SMILES string of the molecule is CCn1c(-c2[c]cccc2)nc2cc(Cl)ccc21. The van der Waals surface area contributed by atoms with Crippen LogP contribution in [-0.4, -0.2) is 9.55 Å². The highest BCUT2D eigenvalue weighted by atomic mass is 35.5. The number of rotatable bonds is 2. The molecule has 3 heteroatoms. The molecule has 0 spiro atoms. The summed E-state index contributed by atoms with van der Waals surface area (Å²) in [6.45, 7) is 2.98. The molecule has 3 aromatic rings. The number of imidazole rings is 1. The maximum Gasteiger partial charge on any atom is 0.141 e. The summed E-state index contributed by atoms with van der Waals surface area (Å²) < 4.78 is 2.18. The Hall–Kier alpha value is -1.80. The van der Waals surface area contributed by atoms with E-state index in [-0.39, 0.29) is 0 Å². The van der Waals surface area contributed by atoms with Crippen molar-refractivity contribution in [2.75, 3.05) is 0 Å². The average Bonchev–Trinajstić information content (AvgIpc) is 2.77. The minimum Gasteiger partial charge on any atom is -0.324 e. The molecule has 0 atom stereocenters. The molecule has 2 aromatic carbocycles. The van der Waals surface area contributed by atoms with E-state index < -0.39 is 0 Å². The summed E-state index contributed by atoms with van der Waals surface area (Å²) in [5.41, 5.74) is 3.04. The van der Waals surface area contributed by atoms with E-state index in [1.807, 2.05) is 42.5 Å². The third-order valence-corrected chi connectivity index (χ3v) is 3.21. The van der Waals surface area contributed by atoms with Gasteiger partial charge in [0.25, 0.3) is 0 Å². The van der Waals surface area contributed by atoms with Crippen molar-refractivity contribution in [1.29, 1.82) is 0 Å². The number of aromatic nitrogens is 2. The molecular weight excluding hydrogens is 244 g/mol. The van der Waals surface area contributed by atoms with Crippen molar-refractivity contribution in [3.63, 3.8) is 0 Å². The molecule has 0 saturated heterocycles. The molecule has 0 aliphatic heterocycles. The highest BCUT2D eigenvalue weighted by molar-refractivity contribution is 6.31. The van der Waals surface area contributed by atoms with Crippen LogP contribution in [0, 0.1) is 6.07 Å². The summed E-state index contributed by atoms with van der Waals surface area (Å²) in [6, 6.07) is 16.9. The van der Waals surface area contributed by atoms with Gasteiger partial charge in [0.1, 0.15) is 5.82 Å². The molecule has 3 rings (SSSR count). The largest absolute Gasteiger partial charge is 0.324 e. The van der Waals surface area contributed by atoms with E-state index in [4.69, 9.17) is 11.6 Å². The number of benzene rings is 2. The second-order valence-electron chi connectivity index (χ2n) is 4.09. The standard InChI is InChI=1S/C15H12ClN2/c1-2-18-14-9-8-12(16)10-13(14)17-15(18)11-6-4-3-5-7-11/h3-6,8-10H,2H2,1H3. The van der Waals surface area contributed by atoms with Crippen LogP contribution in [0.1, 0.15) is 6.92 Å². The Morgan fingerprint density at radius 3 is 2.89 bits per heavy atom. The summed E-state index contributed by atoms with van der Waals surface area (Å²) in [5.74, 6) is 0.940. The van der Waals surface area contributed by atoms with Gasteiger partial charge in [0, 0.05) is 17.1 Å². The molecule has 0 amide bonds. The topological polar surface area (TPSA) is 17.8 Å². The van der Waals surface area contributed by atoms with Crippen LogP contribution in [0.4, 0.5) is 0 Å². The molecule has 0 aliphatic rings. The van der Waals surface area contributed by atoms with Gasteiger partial charge in [0.05, 0.1) is 11.0 Å². The van der Waals surface area contributed by atoms with Gasteiger partial charge in [-0.05, 0) is 31.2 Å². The van der Waals surface area contributed by atoms with E-state index in [0.29, 0.717) is 5.02 Å². The van der Waals surface area contributed by atoms with Crippen LogP contribution in [0.15, 0.2) is 42.5 Å². The zero-order valence-electron chi connectivity index (χ0n) is 10.0. The molecule has 1 heterocycles. The van der Waals surface area contributed by atoms with Gasteiger partial charge in [-0.1, -0.05) is 35.9 Å². The smallest absolute Gasteiger partial charge is 0.141 e. The first kappa shape index (κ1) is 11.3. The lowest BCUT2D eigenvalue weighted by Gasteiger charge is -2.05. The minimum atomic E-state index is 0.715. The van der Waals surface area contributed by atoms with Gasteiger partial charge in [-0.15, -0.1) is 0 Å². The van der Waals surface area contributed by atoms with Gasteiger partial charge >= 0.3 is 0 Å². The fourth-order valence-electron chi connectivity index (χ4n) is 2.16. The summed E-state index contributed by atoms with van der Waals surface area (Å²) >= 11 is 6.01. The van der Waals surface area contributed by atoms with Crippen LogP contribution in [0.25, 0.3) is 22.4 Å². The van der Waals surface area contributed by atoms with Gasteiger partial charge in [-0.2, -0.15) is 0 Å². The lowest BCUT2D eigenvalue weighted by molar-refractivity contribution is 0.796. The number of aryl methyl sites for hydroxylation is 1. The van der Waals surface area contributed by atoms with Crippen molar-refractivity contribution in [3.05, 3.63) is 53.6 Å². The normalized spacial score (nSPS) is 11.0. The predicted octanol–water partition coefficient (Wildman–Crippen LogP) is 4.18. The van der Waals surface area contributed by atoms with Gasteiger partial charge in [0.15, 0.2) is 0 Å². The van der Waals surface area contributed by atoms with Crippen molar-refractivity contribution >= 4 is 22.6 Å². The first-order chi connectivity index (χ1) is 8.79. The molecule has 0 aliphatic carbocycles. The van der Waals surface area contributed by atoms with Crippen LogP contribution in [-0.2, 0) is 6.54 Å². The van der Waals surface area contributed by atoms with Gasteiger partial charge in [0.2, 0.25) is 0 Å². The van der Waals surface area contributed by atoms with Crippen LogP contribution < -0.4 is 0 Å². The van der Waals surface area contributed by atoms with E-state index in [0.717, 1.165) is 29.0 Å². The molecular formula is C15H12ClN2. The molecule has 1 aromatic heterocycles. The van der Waals surface area contributed by atoms with E-state index in [2.05, 4.69) is 22.5 Å². The quantitative estimate of drug-likeness (QED) is 0.672. The Morgan fingerprint density at radius 2 is 2.17 bits per heavy atom. The Kier molecular flexibility index (Phi) is 2.80. The number of fused-ring (bicyclic) bond motifs is 1. The van der Waals surface area contributed by atoms with Crippen molar-refractivity contribution in [3.8, 4) is 11.4 Å². The Labute approximate surface area is 111 Å². The number of halogens is 1. The number of nitrogens with zero attached hydrogens (tertiary/aromatic N) is 2. The predicted molar refractivity (Wildman–Crippen MR) is 74.7 cm³/mol. The van der Waals surface area contributed by atoms with E-state index >= 15 is 0 Å². The molecule has 0 fully saturated rings. The van der Waals surface area contributed by atoms with Gasteiger partial charge < -0.3 is 4.57 Å². The Balaban J connectivity index is 2.29. The average molecular weight is 256 g/mol. The number of hydrogen-bond donors (Lipinski definition) is 0. The van der Waals surface area contributed by atoms with Crippen molar-refractivity contribution in [2.24, 2.45) is 0 Å². The van der Waals surface area contributed by atoms with Crippen molar-refractivity contribution < 1.29 is 0 Å². The summed E-state index contributed by atoms with van der Waals surface area (Å²) in [4.78, 5) is 4.66. The lowest BCUT2D eigenvalue weighted by Crippen LogP contribution is -1.97. The molecule has 0 N–H and O–H groups in total. The second kappa shape index (κ2) is 4.46. The third kappa shape index (κ3) is 1.79. The molecule has 0 bridgehead atoms. The maximum absolute atomic E-state index is 6.01. The molecule has 18 heavy (non-hydrogen) atoms. The van der Waals surface area contributed by atoms with Crippen LogP contribution in [0.2, 0.25) is 5.02 Å². The zero-order valence-corrected chi connectivity index (χ0v) is 10.8. The molecule has 0 unspecified atom stereocenters. The highest BCUT2D eigenvalue weighted by Gasteiger charge is 2.11. The zero-order chi connectivity index (χ0) is 12.5. The molecule has 89 valence electrons. The molecule has 2 nitrogen and oxygen atoms in total. The summed E-state index contributed by atoms with van der Waals surface area (Å²) in [5, 5.41) is 0.715. The lowest BCUT2D eigenvalue weighted by atomic mass is 10.2. The van der Waals surface area contributed by atoms with Crippen LogP contribution in [0.3, 0.4) is 0 Å². The van der Waals surface area contributed by atoms with Crippen molar-refractivity contribution in [2.45, 2.75) is 13.5 Å². The monoisotopic (exact) mass is 255 g/mol. The molecule has 1 radical (unpaired) electrons. The van der Waals surface area contributed by atoms with Crippen LogP contribution in [0.5, 0.6) is 0 Å². The first-order valence-electron chi connectivity index (χ1n) is 5.92. The fraction of sp³-hybridized carbons (Fsp3) is 0.133. The highest BCUT2D eigenvalue weighted by Crippen LogP contribution is 2.26. The second-order valence-corrected chi connectivity index (χ2v) is 4.53. The van der Waals surface area contributed by atoms with Crippen molar-refractivity contribution in [1.82, 2.24) is 9.55 Å². The van der Waals surface area contributed by atoms with E-state index in [1.54, 1.807) is 0 Å². The van der Waals surface area contributed by atoms with E-state index in [9.17, 15) is 0 Å². The van der Waals surface area contributed by atoms with E-state index in [1.165, 1.54) is 0 Å². The minimum absolute atomic E-state index is 0.715. The van der Waals surface area contributed by atoms with Crippen LogP contribution >= 0.6 is 11.6 Å².